The van der Waals surface area contributed by atoms with Crippen LogP contribution in [0, 0.1) is 0 Å². The minimum Gasteiger partial charge on any atom is -0.503 e. The Bertz CT molecular complexity index is 1060. The van der Waals surface area contributed by atoms with Gasteiger partial charge in [-0.3, -0.25) is 14.6 Å². The summed E-state index contributed by atoms with van der Waals surface area (Å²) in [7, 11) is 1.56. The quantitative estimate of drug-likeness (QED) is 0.648. The van der Waals surface area contributed by atoms with Crippen molar-refractivity contribution in [2.24, 2.45) is 0 Å². The lowest BCUT2D eigenvalue weighted by atomic mass is 9.95. The number of nitrogens with zero attached hydrogens (tertiary/aromatic N) is 2. The van der Waals surface area contributed by atoms with Crippen molar-refractivity contribution in [3.8, 4) is 5.75 Å². The number of amides is 1. The molecule has 1 aromatic carbocycles. The highest BCUT2D eigenvalue weighted by Crippen LogP contribution is 2.40. The van der Waals surface area contributed by atoms with Crippen molar-refractivity contribution in [2.75, 3.05) is 7.11 Å². The Kier molecular flexibility index (Phi) is 4.87. The monoisotopic (exact) mass is 390 g/mol. The number of rotatable bonds is 6. The van der Waals surface area contributed by atoms with E-state index in [-0.39, 0.29) is 17.9 Å². The van der Waals surface area contributed by atoms with E-state index in [4.69, 9.17) is 9.15 Å². The number of aromatic nitrogens is 1. The van der Waals surface area contributed by atoms with Crippen LogP contribution in [0.15, 0.2) is 82.9 Å². The van der Waals surface area contributed by atoms with Crippen LogP contribution in [-0.4, -0.2) is 33.8 Å². The zero-order valence-corrected chi connectivity index (χ0v) is 15.6. The topological polar surface area (TPSA) is 92.9 Å². The number of carbonyl (C=O) groups excluding carboxylic acids is 2. The third-order valence-corrected chi connectivity index (χ3v) is 4.83. The normalized spacial score (nSPS) is 16.4. The van der Waals surface area contributed by atoms with Crippen molar-refractivity contribution in [3.05, 3.63) is 95.4 Å². The largest absolute Gasteiger partial charge is 0.503 e. The molecule has 3 aromatic rings. The van der Waals surface area contributed by atoms with Gasteiger partial charge in [-0.2, -0.15) is 0 Å². The second kappa shape index (κ2) is 7.63. The Morgan fingerprint density at radius 3 is 2.52 bits per heavy atom. The van der Waals surface area contributed by atoms with Crippen molar-refractivity contribution in [3.63, 3.8) is 0 Å². The zero-order chi connectivity index (χ0) is 20.4. The first kappa shape index (κ1) is 18.5. The smallest absolute Gasteiger partial charge is 0.290 e. The van der Waals surface area contributed by atoms with Gasteiger partial charge in [0.15, 0.2) is 11.5 Å². The molecule has 2 aromatic heterocycles. The second-order valence-electron chi connectivity index (χ2n) is 6.53. The molecular weight excluding hydrogens is 372 g/mol. The predicted octanol–water partition coefficient (Wildman–Crippen LogP) is 3.46. The number of ketones is 1. The third-order valence-electron chi connectivity index (χ3n) is 4.83. The fraction of sp³-hybridized carbons (Fsp3) is 0.136. The Balaban J connectivity index is 1.79. The highest BCUT2D eigenvalue weighted by molar-refractivity contribution is 6.14. The molecule has 1 amide bonds. The average Bonchev–Trinajstić information content (AvgIpc) is 3.38. The number of pyridine rings is 1. The molecule has 1 unspecified atom stereocenters. The minimum absolute atomic E-state index is 0.0100. The molecule has 0 aliphatic carbocycles. The van der Waals surface area contributed by atoms with E-state index in [0.717, 1.165) is 5.56 Å². The molecule has 146 valence electrons. The summed E-state index contributed by atoms with van der Waals surface area (Å²) < 4.78 is 10.4. The molecule has 0 spiro atoms. The number of carbonyl (C=O) groups is 2. The van der Waals surface area contributed by atoms with Crippen molar-refractivity contribution < 1.29 is 23.8 Å². The summed E-state index contributed by atoms with van der Waals surface area (Å²) in [4.78, 5) is 31.4. The molecule has 0 fully saturated rings. The lowest BCUT2D eigenvalue weighted by molar-refractivity contribution is -0.130. The molecule has 1 aliphatic rings. The molecule has 0 saturated carbocycles. The van der Waals surface area contributed by atoms with Crippen molar-refractivity contribution >= 4 is 11.7 Å². The maximum atomic E-state index is 13.0. The highest BCUT2D eigenvalue weighted by Gasteiger charge is 2.44. The van der Waals surface area contributed by atoms with Gasteiger partial charge >= 0.3 is 0 Å². The van der Waals surface area contributed by atoms with Crippen LogP contribution in [0.4, 0.5) is 0 Å². The number of furan rings is 1. The van der Waals surface area contributed by atoms with Gasteiger partial charge < -0.3 is 19.2 Å². The van der Waals surface area contributed by atoms with Gasteiger partial charge in [0.2, 0.25) is 5.78 Å². The standard InChI is InChI=1S/C22H18N2O5/c1-28-16-6-4-15(5-7-16)19-18(20(25)17-3-2-12-29-17)21(26)22(27)24(19)13-14-8-10-23-11-9-14/h2-12,19,26H,13H2,1H3. The third kappa shape index (κ3) is 3.38. The summed E-state index contributed by atoms with van der Waals surface area (Å²) in [6.07, 6.45) is 4.62. The van der Waals surface area contributed by atoms with Crippen LogP contribution < -0.4 is 4.74 Å². The molecule has 29 heavy (non-hydrogen) atoms. The van der Waals surface area contributed by atoms with Crippen LogP contribution in [0.5, 0.6) is 5.75 Å². The summed E-state index contributed by atoms with van der Waals surface area (Å²) in [5, 5.41) is 10.6. The summed E-state index contributed by atoms with van der Waals surface area (Å²) in [5.41, 5.74) is 1.49. The number of aliphatic hydroxyl groups excluding tert-OH is 1. The fourth-order valence-corrected chi connectivity index (χ4v) is 3.41. The number of hydrogen-bond donors (Lipinski definition) is 1. The number of aliphatic hydroxyl groups is 1. The summed E-state index contributed by atoms with van der Waals surface area (Å²) in [5.74, 6) is -1.01. The van der Waals surface area contributed by atoms with E-state index < -0.39 is 23.5 Å². The summed E-state index contributed by atoms with van der Waals surface area (Å²) in [6, 6.07) is 12.9. The van der Waals surface area contributed by atoms with Crippen LogP contribution in [-0.2, 0) is 11.3 Å². The lowest BCUT2D eigenvalue weighted by Crippen LogP contribution is -2.30. The highest BCUT2D eigenvalue weighted by atomic mass is 16.5. The van der Waals surface area contributed by atoms with Crippen LogP contribution >= 0.6 is 0 Å². The van der Waals surface area contributed by atoms with Gasteiger partial charge in [-0.15, -0.1) is 0 Å². The van der Waals surface area contributed by atoms with Crippen LogP contribution in [0.2, 0.25) is 0 Å². The molecule has 0 bridgehead atoms. The molecular formula is C22H18N2O5. The van der Waals surface area contributed by atoms with Gasteiger partial charge in [0.1, 0.15) is 5.75 Å². The molecule has 7 nitrogen and oxygen atoms in total. The van der Waals surface area contributed by atoms with Gasteiger partial charge in [-0.1, -0.05) is 12.1 Å². The van der Waals surface area contributed by atoms with Gasteiger partial charge in [-0.05, 0) is 47.5 Å². The van der Waals surface area contributed by atoms with Gasteiger partial charge in [0.25, 0.3) is 5.91 Å². The molecule has 0 saturated heterocycles. The number of benzene rings is 1. The molecule has 1 aliphatic heterocycles. The van der Waals surface area contributed by atoms with E-state index in [0.29, 0.717) is 11.3 Å². The first-order valence-corrected chi connectivity index (χ1v) is 8.95. The summed E-state index contributed by atoms with van der Waals surface area (Å²) in [6.45, 7) is 0.205. The van der Waals surface area contributed by atoms with Gasteiger partial charge in [0, 0.05) is 18.9 Å². The lowest BCUT2D eigenvalue weighted by Gasteiger charge is -2.27. The Labute approximate surface area is 166 Å². The van der Waals surface area contributed by atoms with E-state index >= 15 is 0 Å². The van der Waals surface area contributed by atoms with E-state index in [1.54, 1.807) is 62.0 Å². The molecule has 0 radical (unpaired) electrons. The predicted molar refractivity (Wildman–Crippen MR) is 103 cm³/mol. The second-order valence-corrected chi connectivity index (χ2v) is 6.53. The molecule has 7 heteroatoms. The van der Waals surface area contributed by atoms with Crippen LogP contribution in [0.25, 0.3) is 0 Å². The van der Waals surface area contributed by atoms with Crippen LogP contribution in [0.3, 0.4) is 0 Å². The van der Waals surface area contributed by atoms with E-state index in [2.05, 4.69) is 4.98 Å². The van der Waals surface area contributed by atoms with E-state index in [9.17, 15) is 14.7 Å². The molecule has 3 heterocycles. The first-order valence-electron chi connectivity index (χ1n) is 8.95. The maximum absolute atomic E-state index is 13.0. The number of methoxy groups -OCH3 is 1. The Morgan fingerprint density at radius 2 is 1.90 bits per heavy atom. The van der Waals surface area contributed by atoms with Crippen molar-refractivity contribution in [2.45, 2.75) is 12.6 Å². The first-order chi connectivity index (χ1) is 14.1. The SMILES string of the molecule is COc1ccc(C2C(C(=O)c3ccco3)=C(O)C(=O)N2Cc2ccncc2)cc1. The Morgan fingerprint density at radius 1 is 1.17 bits per heavy atom. The number of ether oxygens (including phenoxy) is 1. The van der Waals surface area contributed by atoms with Crippen molar-refractivity contribution in [1.82, 2.24) is 9.88 Å². The average molecular weight is 390 g/mol. The maximum Gasteiger partial charge on any atom is 0.290 e. The molecule has 1 atom stereocenters. The van der Waals surface area contributed by atoms with Crippen LogP contribution in [0.1, 0.15) is 27.7 Å². The van der Waals surface area contributed by atoms with E-state index in [1.165, 1.54) is 17.2 Å². The zero-order valence-electron chi connectivity index (χ0n) is 15.6. The Hall–Kier alpha value is -3.87. The molecule has 1 N–H and O–H groups in total. The number of hydrogen-bond acceptors (Lipinski definition) is 6. The van der Waals surface area contributed by atoms with Crippen molar-refractivity contribution in [1.29, 1.82) is 0 Å². The fourth-order valence-electron chi connectivity index (χ4n) is 3.41. The van der Waals surface area contributed by atoms with Gasteiger partial charge in [0.05, 0.1) is 25.0 Å². The minimum atomic E-state index is -0.765. The molecule has 4 rings (SSSR count). The number of Topliss-reactive ketones (excluding diaryl/α,β-unsaturated/α-hetero) is 1. The summed E-state index contributed by atoms with van der Waals surface area (Å²) >= 11 is 0. The van der Waals surface area contributed by atoms with E-state index in [1.807, 2.05) is 0 Å². The van der Waals surface area contributed by atoms with Gasteiger partial charge in [-0.25, -0.2) is 0 Å².